The van der Waals surface area contributed by atoms with E-state index in [1.165, 1.54) is 15.3 Å². The fraction of sp³-hybridized carbons (Fsp3) is 0.440. The molecule has 1 fully saturated rings. The number of carbonyl (C=O) groups is 1. The highest BCUT2D eigenvalue weighted by Crippen LogP contribution is 2.29. The van der Waals surface area contributed by atoms with Crippen LogP contribution in [0.25, 0.3) is 11.0 Å². The summed E-state index contributed by atoms with van der Waals surface area (Å²) >= 11 is 0. The molecule has 0 radical (unpaired) electrons. The molecule has 0 spiro atoms. The minimum Gasteiger partial charge on any atom is -0.465 e. The molecule has 2 heterocycles. The monoisotopic (exact) mass is 500 g/mol. The summed E-state index contributed by atoms with van der Waals surface area (Å²) in [5.74, 6) is 0.108. The second kappa shape index (κ2) is 9.77. The van der Waals surface area contributed by atoms with E-state index in [0.29, 0.717) is 49.2 Å². The number of aromatic amines is 1. The Morgan fingerprint density at radius 3 is 2.37 bits per heavy atom. The average Bonchev–Trinajstić information content (AvgIpc) is 3.17. The van der Waals surface area contributed by atoms with Gasteiger partial charge in [0.15, 0.2) is 0 Å². The molecule has 1 saturated heterocycles. The van der Waals surface area contributed by atoms with Gasteiger partial charge in [-0.15, -0.1) is 0 Å². The summed E-state index contributed by atoms with van der Waals surface area (Å²) in [5, 5.41) is 9.19. The fourth-order valence-electron chi connectivity index (χ4n) is 4.65. The summed E-state index contributed by atoms with van der Waals surface area (Å²) in [4.78, 5) is 28.3. The molecule has 0 saturated carbocycles. The lowest BCUT2D eigenvalue weighted by atomic mass is 10.1. The number of benzene rings is 2. The number of aryl methyl sites for hydroxylation is 1. The minimum absolute atomic E-state index is 0.108. The highest BCUT2D eigenvalue weighted by atomic mass is 32.2. The van der Waals surface area contributed by atoms with Crippen LogP contribution in [0.1, 0.15) is 45.2 Å². The van der Waals surface area contributed by atoms with Crippen molar-refractivity contribution in [2.24, 2.45) is 5.92 Å². The van der Waals surface area contributed by atoms with Crippen LogP contribution in [-0.2, 0) is 16.4 Å². The number of piperidine rings is 1. The van der Waals surface area contributed by atoms with E-state index >= 15 is 0 Å². The van der Waals surface area contributed by atoms with Crippen molar-refractivity contribution in [3.05, 3.63) is 58.5 Å². The number of hydrogen-bond acceptors (Lipinski definition) is 4. The van der Waals surface area contributed by atoms with Crippen molar-refractivity contribution >= 4 is 32.8 Å². The zero-order valence-electron chi connectivity index (χ0n) is 20.3. The lowest BCUT2D eigenvalue weighted by Gasteiger charge is -2.30. The molecule has 0 unspecified atom stereocenters. The van der Waals surface area contributed by atoms with Gasteiger partial charge in [0.2, 0.25) is 0 Å². The van der Waals surface area contributed by atoms with Gasteiger partial charge in [-0.2, -0.15) is 0 Å². The normalized spacial score (nSPS) is 15.1. The molecule has 10 heteroatoms. The predicted molar refractivity (Wildman–Crippen MR) is 136 cm³/mol. The number of fused-ring (bicyclic) bond motifs is 1. The standard InChI is InChI=1S/C25H32N4O5S/c1-4-18-5-7-19(8-6-18)28(16-17(2)3)35(33,34)21-9-10-23-22(15-21)26-24(30)29(23)20-11-13-27(14-12-20)25(31)32/h5-10,15,17,20H,4,11-14,16H2,1-3H3,(H,26,30)(H,31,32). The Kier molecular flexibility index (Phi) is 6.93. The second-order valence-electron chi connectivity index (χ2n) is 9.43. The quantitative estimate of drug-likeness (QED) is 0.508. The molecule has 0 bridgehead atoms. The van der Waals surface area contributed by atoms with Crippen LogP contribution in [-0.4, -0.2) is 53.7 Å². The molecule has 188 valence electrons. The number of H-pyrrole nitrogens is 1. The molecule has 1 aliphatic rings. The molecule has 1 aliphatic heterocycles. The molecule has 9 nitrogen and oxygen atoms in total. The third-order valence-electron chi connectivity index (χ3n) is 6.54. The Morgan fingerprint density at radius 2 is 1.80 bits per heavy atom. The van der Waals surface area contributed by atoms with Gasteiger partial charge in [0.1, 0.15) is 0 Å². The van der Waals surface area contributed by atoms with E-state index in [9.17, 15) is 23.1 Å². The molecule has 0 atom stereocenters. The van der Waals surface area contributed by atoms with Gasteiger partial charge in [-0.3, -0.25) is 8.87 Å². The number of nitrogens with one attached hydrogen (secondary N) is 1. The third-order valence-corrected chi connectivity index (χ3v) is 8.33. The largest absolute Gasteiger partial charge is 0.465 e. The third kappa shape index (κ3) is 4.93. The SMILES string of the molecule is CCc1ccc(N(CC(C)C)S(=O)(=O)c2ccc3c(c2)[nH]c(=O)n3C2CCN(C(=O)O)CC2)cc1. The highest BCUT2D eigenvalue weighted by Gasteiger charge is 2.29. The van der Waals surface area contributed by atoms with Gasteiger partial charge >= 0.3 is 11.8 Å². The smallest absolute Gasteiger partial charge is 0.407 e. The van der Waals surface area contributed by atoms with E-state index in [4.69, 9.17) is 0 Å². The van der Waals surface area contributed by atoms with Gasteiger partial charge < -0.3 is 15.0 Å². The van der Waals surface area contributed by atoms with E-state index < -0.39 is 16.1 Å². The first-order valence-corrected chi connectivity index (χ1v) is 13.4. The number of amides is 1. The summed E-state index contributed by atoms with van der Waals surface area (Å²) in [5.41, 5.74) is 2.47. The molecule has 2 aromatic carbocycles. The maximum absolute atomic E-state index is 13.7. The molecule has 1 aromatic heterocycles. The summed E-state index contributed by atoms with van der Waals surface area (Å²) in [6.07, 6.45) is 0.956. The van der Waals surface area contributed by atoms with Crippen LogP contribution in [0.4, 0.5) is 10.5 Å². The van der Waals surface area contributed by atoms with Gasteiger partial charge in [0, 0.05) is 25.7 Å². The van der Waals surface area contributed by atoms with Gasteiger partial charge in [-0.25, -0.2) is 18.0 Å². The molecular weight excluding hydrogens is 468 g/mol. The van der Waals surface area contributed by atoms with Crippen molar-refractivity contribution in [3.63, 3.8) is 0 Å². The summed E-state index contributed by atoms with van der Waals surface area (Å²) in [6.45, 7) is 7.03. The molecule has 35 heavy (non-hydrogen) atoms. The fourth-order valence-corrected chi connectivity index (χ4v) is 6.30. The number of imidazole rings is 1. The average molecular weight is 501 g/mol. The maximum Gasteiger partial charge on any atom is 0.407 e. The number of aromatic nitrogens is 2. The molecular formula is C25H32N4O5S. The number of rotatable bonds is 7. The first-order chi connectivity index (χ1) is 16.6. The first-order valence-electron chi connectivity index (χ1n) is 12.0. The van der Waals surface area contributed by atoms with Crippen LogP contribution in [0.15, 0.2) is 52.2 Å². The van der Waals surface area contributed by atoms with E-state index in [0.717, 1.165) is 12.0 Å². The maximum atomic E-state index is 13.7. The predicted octanol–water partition coefficient (Wildman–Crippen LogP) is 4.06. The van der Waals surface area contributed by atoms with Crippen molar-refractivity contribution < 1.29 is 18.3 Å². The van der Waals surface area contributed by atoms with E-state index in [2.05, 4.69) is 11.9 Å². The van der Waals surface area contributed by atoms with Crippen LogP contribution < -0.4 is 9.99 Å². The van der Waals surface area contributed by atoms with Crippen LogP contribution >= 0.6 is 0 Å². The number of nitrogens with zero attached hydrogens (tertiary/aromatic N) is 3. The van der Waals surface area contributed by atoms with Gasteiger partial charge in [0.25, 0.3) is 10.0 Å². The van der Waals surface area contributed by atoms with Gasteiger partial charge in [-0.1, -0.05) is 32.9 Å². The van der Waals surface area contributed by atoms with Crippen LogP contribution in [0.2, 0.25) is 0 Å². The summed E-state index contributed by atoms with van der Waals surface area (Å²) < 4.78 is 30.5. The highest BCUT2D eigenvalue weighted by molar-refractivity contribution is 7.92. The van der Waals surface area contributed by atoms with E-state index in [1.54, 1.807) is 16.7 Å². The number of sulfonamides is 1. The zero-order valence-corrected chi connectivity index (χ0v) is 21.1. The topological polar surface area (TPSA) is 116 Å². The lowest BCUT2D eigenvalue weighted by Crippen LogP contribution is -2.39. The number of anilines is 1. The molecule has 0 aliphatic carbocycles. The second-order valence-corrected chi connectivity index (χ2v) is 11.3. The molecule has 4 rings (SSSR count). The van der Waals surface area contributed by atoms with Crippen molar-refractivity contribution in [1.29, 1.82) is 0 Å². The summed E-state index contributed by atoms with van der Waals surface area (Å²) in [7, 11) is -3.88. The van der Waals surface area contributed by atoms with Crippen molar-refractivity contribution in [3.8, 4) is 0 Å². The Hall–Kier alpha value is -3.27. The van der Waals surface area contributed by atoms with Crippen molar-refractivity contribution in [1.82, 2.24) is 14.5 Å². The Balaban J connectivity index is 1.69. The van der Waals surface area contributed by atoms with Crippen LogP contribution in [0, 0.1) is 5.92 Å². The summed E-state index contributed by atoms with van der Waals surface area (Å²) in [6, 6.07) is 12.1. The minimum atomic E-state index is -3.88. The number of hydrogen-bond donors (Lipinski definition) is 2. The van der Waals surface area contributed by atoms with E-state index in [1.807, 2.05) is 38.1 Å². The van der Waals surface area contributed by atoms with Gasteiger partial charge in [-0.05, 0) is 61.1 Å². The van der Waals surface area contributed by atoms with Gasteiger partial charge in [0.05, 0.1) is 21.6 Å². The number of likely N-dealkylation sites (tertiary alicyclic amines) is 1. The zero-order chi connectivity index (χ0) is 25.3. The number of carboxylic acid groups (broad SMARTS) is 1. The Bertz CT molecular complexity index is 1370. The molecule has 2 N–H and O–H groups in total. The van der Waals surface area contributed by atoms with Crippen LogP contribution in [0.5, 0.6) is 0 Å². The van der Waals surface area contributed by atoms with Crippen molar-refractivity contribution in [2.45, 2.75) is 51.0 Å². The lowest BCUT2D eigenvalue weighted by molar-refractivity contribution is 0.125. The first kappa shape index (κ1) is 24.8. The van der Waals surface area contributed by atoms with E-state index in [-0.39, 0.29) is 22.5 Å². The van der Waals surface area contributed by atoms with Crippen LogP contribution in [0.3, 0.4) is 0 Å². The van der Waals surface area contributed by atoms with Crippen molar-refractivity contribution in [2.75, 3.05) is 23.9 Å². The Morgan fingerprint density at radius 1 is 1.14 bits per heavy atom. The molecule has 1 amide bonds. The molecule has 3 aromatic rings. The Labute approximate surface area is 205 Å².